The van der Waals surface area contributed by atoms with Crippen LogP contribution in [0.3, 0.4) is 0 Å². The molecule has 127 heavy (non-hydrogen) atoms. The summed E-state index contributed by atoms with van der Waals surface area (Å²) in [5.74, 6) is 9.17. The Kier molecular flexibility index (Phi) is 103. The number of benzene rings is 3. The van der Waals surface area contributed by atoms with Gasteiger partial charge in [-0.3, -0.25) is 29.7 Å². The molecule has 3 aromatic carbocycles. The zero-order valence-electron chi connectivity index (χ0n) is 86.6. The maximum atomic E-state index is 4.39. The van der Waals surface area contributed by atoms with E-state index in [2.05, 4.69) is 402 Å². The first-order valence-electron chi connectivity index (χ1n) is 48.4. The molecular formula is C120H227N7. The van der Waals surface area contributed by atoms with Crippen molar-refractivity contribution < 1.29 is 0 Å². The number of aryl methyl sites for hydroxylation is 8. The summed E-state index contributed by atoms with van der Waals surface area (Å²) in [6, 6.07) is 45.1. The average Bonchev–Trinajstić information content (AvgIpc) is 1.76. The number of hydrogen-bond donors (Lipinski definition) is 0. The maximum Gasteiger partial charge on any atom is 0.0654 e. The van der Waals surface area contributed by atoms with Crippen LogP contribution in [0.2, 0.25) is 0 Å². The van der Waals surface area contributed by atoms with Crippen LogP contribution in [0.5, 0.6) is 0 Å². The van der Waals surface area contributed by atoms with Crippen LogP contribution in [0.1, 0.15) is 433 Å². The minimum Gasteiger partial charge on any atom is -0.367 e. The summed E-state index contributed by atoms with van der Waals surface area (Å²) >= 11 is 0. The van der Waals surface area contributed by atoms with Crippen LogP contribution in [0.4, 0.5) is 5.69 Å². The standard InChI is InChI=1S/C12H17N.C11H16N2.C10H14N2.C10H12.C9H11N.C9H10.C8H9N.11C4H10.7CH4/c1-10(2)13-8-7-11-5-3-4-6-12(11)9-13;1-9(2)13-7-5-11-10(8-13)4-3-6-12-11;1-8(2)12-7-5-9-10(12)4-3-6-11-9;1-2-6-10-8-4-3-7-9(10)5-1;1-2-6-9-8(4-1)5-3-7-10-9;1-2-5-9-7-3-6-8(9)4-1;1-3-7-4-2-6-9-8(7)5-1;11*1-4(2)3;;;;;;;/h3-6,10H,7-9H2,1-2H3;3-4,6,9H,5,7-8H2,1-2H3;3-4,6,8H,5,7H2,1-2H3;1-2,5-6H,3-4,7-8H2;3,5,7H,1-2,4,6H2;1-2,4-5H,3,6-7H2;2,4,6H,1,3,5H2;11*4H,1-3H3;7*1H4. The second kappa shape index (κ2) is 90.5. The molecule has 0 N–H and O–H groups in total. The summed E-state index contributed by atoms with van der Waals surface area (Å²) < 4.78 is 0. The molecule has 0 saturated heterocycles. The fourth-order valence-electron chi connectivity index (χ4n) is 11.6. The number of aromatic nitrogens is 4. The molecule has 4 aliphatic carbocycles. The van der Waals surface area contributed by atoms with Crippen LogP contribution in [0, 0.1) is 65.1 Å². The van der Waals surface area contributed by atoms with E-state index < -0.39 is 0 Å². The number of pyridine rings is 4. The lowest BCUT2D eigenvalue weighted by atomic mass is 9.92. The second-order valence-corrected chi connectivity index (χ2v) is 41.4. The van der Waals surface area contributed by atoms with E-state index in [-0.39, 0.29) is 52.0 Å². The molecular weight excluding hydrogens is 1540 g/mol. The van der Waals surface area contributed by atoms with Crippen molar-refractivity contribution in [3.63, 3.8) is 0 Å². The molecule has 7 aromatic rings. The first kappa shape index (κ1) is 144. The van der Waals surface area contributed by atoms with Crippen molar-refractivity contribution in [1.82, 2.24) is 29.7 Å². The second-order valence-electron chi connectivity index (χ2n) is 41.4. The predicted molar refractivity (Wildman–Crippen MR) is 591 cm³/mol. The van der Waals surface area contributed by atoms with E-state index >= 15 is 0 Å². The summed E-state index contributed by atoms with van der Waals surface area (Å²) in [6.45, 7) is 90.7. The van der Waals surface area contributed by atoms with Gasteiger partial charge >= 0.3 is 0 Å². The van der Waals surface area contributed by atoms with Crippen LogP contribution in [0.25, 0.3) is 0 Å². The minimum atomic E-state index is 0. The van der Waals surface area contributed by atoms with Crippen molar-refractivity contribution in [1.29, 1.82) is 0 Å². The van der Waals surface area contributed by atoms with Gasteiger partial charge in [0.1, 0.15) is 0 Å². The molecule has 0 spiro atoms. The molecule has 0 unspecified atom stereocenters. The summed E-state index contributed by atoms with van der Waals surface area (Å²) in [7, 11) is 0. The highest BCUT2D eigenvalue weighted by Gasteiger charge is 2.22. The topological polar surface area (TPSA) is 61.3 Å². The van der Waals surface area contributed by atoms with E-state index in [9.17, 15) is 0 Å². The highest BCUT2D eigenvalue weighted by molar-refractivity contribution is 5.55. The minimum absolute atomic E-state index is 0. The fourth-order valence-corrected chi connectivity index (χ4v) is 11.6. The van der Waals surface area contributed by atoms with Crippen LogP contribution >= 0.6 is 0 Å². The molecule has 7 nitrogen and oxygen atoms in total. The van der Waals surface area contributed by atoms with Gasteiger partial charge in [0.25, 0.3) is 0 Å². The molecule has 0 fully saturated rings. The Labute approximate surface area is 801 Å². The summed E-state index contributed by atoms with van der Waals surface area (Å²) in [5, 5.41) is 0. The maximum absolute atomic E-state index is 4.39. The van der Waals surface area contributed by atoms with Crippen LogP contribution < -0.4 is 4.90 Å². The predicted octanol–water partition coefficient (Wildman–Crippen LogP) is 37.2. The van der Waals surface area contributed by atoms with Crippen LogP contribution in [0.15, 0.2) is 146 Å². The summed E-state index contributed by atoms with van der Waals surface area (Å²) in [6.07, 6.45) is 29.1. The molecule has 3 aliphatic heterocycles. The number of hydrogen-bond acceptors (Lipinski definition) is 7. The lowest BCUT2D eigenvalue weighted by Gasteiger charge is -2.31. The molecule has 4 aromatic heterocycles. The van der Waals surface area contributed by atoms with E-state index in [0.29, 0.717) is 18.1 Å². The zero-order chi connectivity index (χ0) is 92.3. The van der Waals surface area contributed by atoms with Crippen molar-refractivity contribution in [2.45, 2.75) is 462 Å². The molecule has 742 valence electrons. The van der Waals surface area contributed by atoms with Crippen LogP contribution in [-0.4, -0.2) is 67.5 Å². The Balaban J connectivity index is -0.000000127. The zero-order valence-corrected chi connectivity index (χ0v) is 86.6. The third-order valence-corrected chi connectivity index (χ3v) is 16.2. The average molecular weight is 1770 g/mol. The van der Waals surface area contributed by atoms with Crippen molar-refractivity contribution in [2.24, 2.45) is 65.1 Å². The SMILES string of the molecule is C.C.C.C.C.C.C.CC(C)C.CC(C)C.CC(C)C.CC(C)C.CC(C)C.CC(C)C.CC(C)C.CC(C)C.CC(C)C.CC(C)C.CC(C)C.CC(C)N1CCc2ccccc2C1.CC(C)N1CCc2ncccc21.CC(C)N1CCc2ncccc2C1.c1ccc2c(c1)CCC2.c1ccc2c(c1)CCCC2.c1cnc2c(c1)CCC2.c1cnc2c(c1)CCCC2. The third kappa shape index (κ3) is 90.3. The third-order valence-electron chi connectivity index (χ3n) is 16.2. The van der Waals surface area contributed by atoms with E-state index in [1.54, 1.807) is 27.8 Å². The summed E-state index contributed by atoms with van der Waals surface area (Å²) in [5.41, 5.74) is 20.2. The first-order chi connectivity index (χ1) is 56.2. The van der Waals surface area contributed by atoms with Crippen molar-refractivity contribution >= 4 is 5.69 Å². The molecule has 0 bridgehead atoms. The number of fused-ring (bicyclic) bond motifs is 7. The molecule has 0 saturated carbocycles. The van der Waals surface area contributed by atoms with E-state index in [0.717, 1.165) is 104 Å². The van der Waals surface area contributed by atoms with E-state index in [1.165, 1.54) is 154 Å². The lowest BCUT2D eigenvalue weighted by molar-refractivity contribution is 0.202. The molecule has 7 heterocycles. The smallest absolute Gasteiger partial charge is 0.0654 e. The fraction of sp³-hybridized carbons (Fsp3) is 0.683. The Morgan fingerprint density at radius 2 is 0.394 bits per heavy atom. The molecule has 0 amide bonds. The van der Waals surface area contributed by atoms with Crippen molar-refractivity contribution in [3.8, 4) is 0 Å². The highest BCUT2D eigenvalue weighted by Crippen LogP contribution is 2.28. The Bertz CT molecular complexity index is 3020. The molecule has 0 atom stereocenters. The lowest BCUT2D eigenvalue weighted by Crippen LogP contribution is -2.36. The molecule has 0 radical (unpaired) electrons. The monoisotopic (exact) mass is 1770 g/mol. The van der Waals surface area contributed by atoms with Gasteiger partial charge in [-0.05, 0) is 283 Å². The Morgan fingerprint density at radius 3 is 0.701 bits per heavy atom. The Hall–Kier alpha value is -6.02. The first-order valence-corrected chi connectivity index (χ1v) is 48.4. The Morgan fingerprint density at radius 1 is 0.189 bits per heavy atom. The van der Waals surface area contributed by atoms with E-state index in [1.807, 2.05) is 49.1 Å². The number of rotatable bonds is 3. The van der Waals surface area contributed by atoms with Gasteiger partial charge in [0.2, 0.25) is 0 Å². The van der Waals surface area contributed by atoms with Crippen LogP contribution in [-0.2, 0) is 83.7 Å². The van der Waals surface area contributed by atoms with Gasteiger partial charge in [0, 0.05) is 106 Å². The van der Waals surface area contributed by atoms with Gasteiger partial charge in [-0.2, -0.15) is 0 Å². The number of nitrogens with zero attached hydrogens (tertiary/aromatic N) is 7. The van der Waals surface area contributed by atoms with E-state index in [4.69, 9.17) is 0 Å². The number of anilines is 1. The summed E-state index contributed by atoms with van der Waals surface area (Å²) in [4.78, 5) is 24.7. The van der Waals surface area contributed by atoms with Gasteiger partial charge in [-0.1, -0.05) is 371 Å². The molecule has 7 aliphatic rings. The largest absolute Gasteiger partial charge is 0.367 e. The molecule has 14 rings (SSSR count). The van der Waals surface area contributed by atoms with Gasteiger partial charge in [0.15, 0.2) is 0 Å². The normalized spacial score (nSPS) is 12.9. The van der Waals surface area contributed by atoms with Crippen molar-refractivity contribution in [2.75, 3.05) is 24.5 Å². The van der Waals surface area contributed by atoms with Gasteiger partial charge in [-0.15, -0.1) is 0 Å². The molecule has 7 heteroatoms. The van der Waals surface area contributed by atoms with Crippen molar-refractivity contribution in [3.05, 3.63) is 219 Å². The quantitative estimate of drug-likeness (QED) is 0.175. The van der Waals surface area contributed by atoms with Gasteiger partial charge in [0.05, 0.1) is 11.4 Å². The van der Waals surface area contributed by atoms with Gasteiger partial charge in [-0.25, -0.2) is 0 Å². The van der Waals surface area contributed by atoms with Gasteiger partial charge < -0.3 is 4.90 Å². The highest BCUT2D eigenvalue weighted by atomic mass is 15.2.